The van der Waals surface area contributed by atoms with Crippen molar-refractivity contribution in [2.75, 3.05) is 24.5 Å². The van der Waals surface area contributed by atoms with Gasteiger partial charge in [-0.15, -0.1) is 0 Å². The van der Waals surface area contributed by atoms with Crippen LogP contribution in [0.3, 0.4) is 0 Å². The van der Waals surface area contributed by atoms with Gasteiger partial charge >= 0.3 is 0 Å². The Morgan fingerprint density at radius 2 is 2.11 bits per heavy atom. The zero-order valence-corrected chi connectivity index (χ0v) is 17.0. The van der Waals surface area contributed by atoms with E-state index in [0.717, 1.165) is 48.7 Å². The van der Waals surface area contributed by atoms with Gasteiger partial charge < -0.3 is 15.5 Å². The van der Waals surface area contributed by atoms with E-state index in [0.29, 0.717) is 18.2 Å². The third-order valence-corrected chi connectivity index (χ3v) is 5.07. The monoisotopic (exact) mass is 433 g/mol. The smallest absolute Gasteiger partial charge is 0.191 e. The van der Waals surface area contributed by atoms with E-state index in [-0.39, 0.29) is 5.82 Å². The second-order valence-corrected chi connectivity index (χ2v) is 7.44. The molecule has 0 saturated carbocycles. The second-order valence-electron chi connectivity index (χ2n) is 6.52. The highest BCUT2D eigenvalue weighted by atomic mass is 79.9. The summed E-state index contributed by atoms with van der Waals surface area (Å²) in [5.74, 6) is 1.52. The number of guanidine groups is 1. The number of hydrogen-bond donors (Lipinski definition) is 2. The van der Waals surface area contributed by atoms with Crippen molar-refractivity contribution in [2.45, 2.75) is 32.4 Å². The molecule has 2 aromatic rings. The van der Waals surface area contributed by atoms with Crippen LogP contribution in [0.25, 0.3) is 0 Å². The largest absolute Gasteiger partial charge is 0.357 e. The molecule has 2 heterocycles. The fourth-order valence-electron chi connectivity index (χ4n) is 3.12. The Hall–Kier alpha value is -2.15. The number of nitrogens with one attached hydrogen (secondary N) is 2. The summed E-state index contributed by atoms with van der Waals surface area (Å²) in [5, 5.41) is 6.75. The van der Waals surface area contributed by atoms with Crippen LogP contribution >= 0.6 is 15.9 Å². The molecule has 0 radical (unpaired) electrons. The Morgan fingerprint density at radius 1 is 1.30 bits per heavy atom. The van der Waals surface area contributed by atoms with E-state index in [2.05, 4.69) is 41.4 Å². The van der Waals surface area contributed by atoms with Crippen LogP contribution in [0.4, 0.5) is 10.2 Å². The number of benzene rings is 1. The summed E-state index contributed by atoms with van der Waals surface area (Å²) in [6.07, 6.45) is 3.85. The van der Waals surface area contributed by atoms with Gasteiger partial charge in [-0.25, -0.2) is 14.4 Å². The number of hydrogen-bond acceptors (Lipinski definition) is 3. The zero-order valence-electron chi connectivity index (χ0n) is 15.5. The molecular weight excluding hydrogens is 409 g/mol. The zero-order chi connectivity index (χ0) is 19.1. The summed E-state index contributed by atoms with van der Waals surface area (Å²) in [6.45, 7) is 5.01. The van der Waals surface area contributed by atoms with Crippen molar-refractivity contribution in [3.63, 3.8) is 0 Å². The van der Waals surface area contributed by atoms with E-state index in [4.69, 9.17) is 0 Å². The lowest BCUT2D eigenvalue weighted by atomic mass is 10.1. The summed E-state index contributed by atoms with van der Waals surface area (Å²) in [7, 11) is 0. The molecule has 2 N–H and O–H groups in total. The summed E-state index contributed by atoms with van der Waals surface area (Å²) in [5.41, 5.74) is 0.584. The van der Waals surface area contributed by atoms with Crippen molar-refractivity contribution in [3.05, 3.63) is 58.4 Å². The third-order valence-electron chi connectivity index (χ3n) is 4.58. The number of nitrogens with zero attached hydrogens (tertiary/aromatic N) is 3. The van der Waals surface area contributed by atoms with Crippen LogP contribution in [0.2, 0.25) is 0 Å². The van der Waals surface area contributed by atoms with Crippen LogP contribution in [0.1, 0.15) is 25.3 Å². The maximum absolute atomic E-state index is 14.0. The van der Waals surface area contributed by atoms with Crippen molar-refractivity contribution >= 4 is 27.7 Å². The average Bonchev–Trinajstić information content (AvgIpc) is 2.68. The van der Waals surface area contributed by atoms with Gasteiger partial charge in [0.15, 0.2) is 5.96 Å². The van der Waals surface area contributed by atoms with Crippen molar-refractivity contribution in [1.82, 2.24) is 15.6 Å². The Labute approximate surface area is 168 Å². The second kappa shape index (κ2) is 9.69. The fraction of sp³-hybridized carbons (Fsp3) is 0.400. The maximum Gasteiger partial charge on any atom is 0.191 e. The van der Waals surface area contributed by atoms with Crippen LogP contribution in [0, 0.1) is 5.82 Å². The molecule has 1 saturated heterocycles. The first-order valence-corrected chi connectivity index (χ1v) is 10.1. The average molecular weight is 434 g/mol. The predicted molar refractivity (Wildman–Crippen MR) is 112 cm³/mol. The Bertz CT molecular complexity index is 760. The van der Waals surface area contributed by atoms with Crippen LogP contribution in [0.15, 0.2) is 52.1 Å². The first-order valence-electron chi connectivity index (χ1n) is 9.30. The van der Waals surface area contributed by atoms with Gasteiger partial charge in [0.25, 0.3) is 0 Å². The molecule has 0 bridgehead atoms. The molecule has 1 aromatic heterocycles. The van der Waals surface area contributed by atoms with Gasteiger partial charge in [0, 0.05) is 41.9 Å². The molecule has 0 amide bonds. The van der Waals surface area contributed by atoms with Gasteiger partial charge in [0.2, 0.25) is 0 Å². The molecule has 0 atom stereocenters. The number of halogens is 2. The molecule has 5 nitrogen and oxygen atoms in total. The summed E-state index contributed by atoms with van der Waals surface area (Å²) < 4.78 is 14.7. The van der Waals surface area contributed by atoms with E-state index in [1.54, 1.807) is 6.07 Å². The molecule has 27 heavy (non-hydrogen) atoms. The standard InChI is InChI=1S/C20H25BrFN5/c1-2-23-20(25-14-15-6-7-16(21)13-18(15)22)26-17-8-11-27(12-9-17)19-5-3-4-10-24-19/h3-7,10,13,17H,2,8-9,11-12,14H2,1H3,(H2,23,25,26). The van der Waals surface area contributed by atoms with Gasteiger partial charge in [0.1, 0.15) is 11.6 Å². The quantitative estimate of drug-likeness (QED) is 0.557. The van der Waals surface area contributed by atoms with E-state index in [1.807, 2.05) is 37.4 Å². The van der Waals surface area contributed by atoms with Gasteiger partial charge in [-0.3, -0.25) is 0 Å². The van der Waals surface area contributed by atoms with Crippen LogP contribution in [0.5, 0.6) is 0 Å². The van der Waals surface area contributed by atoms with E-state index < -0.39 is 0 Å². The lowest BCUT2D eigenvalue weighted by Crippen LogP contribution is -2.48. The Balaban J connectivity index is 1.56. The highest BCUT2D eigenvalue weighted by Crippen LogP contribution is 2.18. The van der Waals surface area contributed by atoms with E-state index in [1.165, 1.54) is 6.07 Å². The molecular formula is C20H25BrFN5. The van der Waals surface area contributed by atoms with E-state index in [9.17, 15) is 4.39 Å². The normalized spacial score (nSPS) is 15.7. The van der Waals surface area contributed by atoms with Gasteiger partial charge in [-0.2, -0.15) is 0 Å². The number of anilines is 1. The molecule has 3 rings (SSSR count). The number of rotatable bonds is 5. The van der Waals surface area contributed by atoms with Crippen LogP contribution < -0.4 is 15.5 Å². The van der Waals surface area contributed by atoms with Gasteiger partial charge in [-0.1, -0.05) is 28.1 Å². The fourth-order valence-corrected chi connectivity index (χ4v) is 3.45. The summed E-state index contributed by atoms with van der Waals surface area (Å²) >= 11 is 3.28. The highest BCUT2D eigenvalue weighted by Gasteiger charge is 2.20. The van der Waals surface area contributed by atoms with Crippen molar-refractivity contribution < 1.29 is 4.39 Å². The first-order chi connectivity index (χ1) is 13.2. The highest BCUT2D eigenvalue weighted by molar-refractivity contribution is 9.10. The molecule has 0 aliphatic carbocycles. The molecule has 0 unspecified atom stereocenters. The van der Waals surface area contributed by atoms with Crippen LogP contribution in [-0.4, -0.2) is 36.6 Å². The molecule has 1 aliphatic rings. The van der Waals surface area contributed by atoms with Gasteiger partial charge in [0.05, 0.1) is 6.54 Å². The topological polar surface area (TPSA) is 52.6 Å². The maximum atomic E-state index is 14.0. The minimum atomic E-state index is -0.243. The predicted octanol–water partition coefficient (Wildman–Crippen LogP) is 3.71. The molecule has 7 heteroatoms. The number of pyridine rings is 1. The first kappa shape index (κ1) is 19.6. The van der Waals surface area contributed by atoms with Crippen molar-refractivity contribution in [1.29, 1.82) is 0 Å². The Kier molecular flexibility index (Phi) is 7.04. The number of piperidine rings is 1. The van der Waals surface area contributed by atoms with Crippen molar-refractivity contribution in [3.8, 4) is 0 Å². The molecule has 1 aromatic carbocycles. The molecule has 0 spiro atoms. The van der Waals surface area contributed by atoms with E-state index >= 15 is 0 Å². The lowest BCUT2D eigenvalue weighted by Gasteiger charge is -2.33. The molecule has 1 fully saturated rings. The number of aromatic nitrogens is 1. The number of aliphatic imine (C=N–C) groups is 1. The SMILES string of the molecule is CCNC(=NCc1ccc(Br)cc1F)NC1CCN(c2ccccn2)CC1. The van der Waals surface area contributed by atoms with Gasteiger partial charge in [-0.05, 0) is 44.0 Å². The van der Waals surface area contributed by atoms with Crippen molar-refractivity contribution in [2.24, 2.45) is 4.99 Å². The summed E-state index contributed by atoms with van der Waals surface area (Å²) in [6, 6.07) is 11.4. The molecule has 1 aliphatic heterocycles. The summed E-state index contributed by atoms with van der Waals surface area (Å²) in [4.78, 5) is 11.3. The molecule has 144 valence electrons. The minimum absolute atomic E-state index is 0.243. The van der Waals surface area contributed by atoms with Crippen LogP contribution in [-0.2, 0) is 6.54 Å². The third kappa shape index (κ3) is 5.66. The minimum Gasteiger partial charge on any atom is -0.357 e. The lowest BCUT2D eigenvalue weighted by molar-refractivity contribution is 0.459. The Morgan fingerprint density at radius 3 is 2.78 bits per heavy atom.